The minimum absolute atomic E-state index is 0.117. The number of fused-ring (bicyclic) bond motifs is 1. The molecule has 0 spiro atoms. The molecule has 102 valence electrons. The highest BCUT2D eigenvalue weighted by Crippen LogP contribution is 2.23. The summed E-state index contributed by atoms with van der Waals surface area (Å²) in [5, 5.41) is 4.98. The molecule has 19 heavy (non-hydrogen) atoms. The molecule has 0 unspecified atom stereocenters. The summed E-state index contributed by atoms with van der Waals surface area (Å²) in [5.41, 5.74) is 1.27. The van der Waals surface area contributed by atoms with E-state index in [1.807, 2.05) is 37.4 Å². The molecule has 1 N–H and O–H groups in total. The van der Waals surface area contributed by atoms with Gasteiger partial charge in [0.25, 0.3) is 0 Å². The van der Waals surface area contributed by atoms with Gasteiger partial charge in [0.1, 0.15) is 5.82 Å². The fourth-order valence-corrected chi connectivity index (χ4v) is 2.51. The van der Waals surface area contributed by atoms with Crippen molar-refractivity contribution in [1.29, 1.82) is 0 Å². The maximum absolute atomic E-state index is 13.7. The molecular formula is C17H22FN. The lowest BCUT2D eigenvalue weighted by Crippen LogP contribution is -2.06. The van der Waals surface area contributed by atoms with Crippen LogP contribution in [0.3, 0.4) is 0 Å². The second-order valence-electron chi connectivity index (χ2n) is 5.02. The lowest BCUT2D eigenvalue weighted by Gasteiger charge is -2.07. The first-order valence-corrected chi connectivity index (χ1v) is 7.13. The highest BCUT2D eigenvalue weighted by molar-refractivity contribution is 5.86. The van der Waals surface area contributed by atoms with E-state index in [4.69, 9.17) is 0 Å². The summed E-state index contributed by atoms with van der Waals surface area (Å²) in [6, 6.07) is 11.3. The second kappa shape index (κ2) is 7.25. The van der Waals surface area contributed by atoms with E-state index >= 15 is 0 Å². The Hall–Kier alpha value is -1.41. The predicted octanol–water partition coefficient (Wildman–Crippen LogP) is 4.30. The minimum Gasteiger partial charge on any atom is -0.320 e. The van der Waals surface area contributed by atoms with E-state index < -0.39 is 0 Å². The van der Waals surface area contributed by atoms with E-state index in [0.717, 1.165) is 23.7 Å². The molecule has 0 aromatic heterocycles. The Morgan fingerprint density at radius 3 is 2.42 bits per heavy atom. The van der Waals surface area contributed by atoms with Gasteiger partial charge in [0.2, 0.25) is 0 Å². The van der Waals surface area contributed by atoms with Crippen molar-refractivity contribution in [2.24, 2.45) is 0 Å². The van der Waals surface area contributed by atoms with E-state index in [-0.39, 0.29) is 5.82 Å². The number of nitrogens with one attached hydrogen (secondary N) is 1. The monoisotopic (exact) mass is 259 g/mol. The first kappa shape index (κ1) is 14.0. The number of halogens is 1. The minimum atomic E-state index is -0.117. The first-order valence-electron chi connectivity index (χ1n) is 7.13. The number of hydrogen-bond acceptors (Lipinski definition) is 1. The Kier molecular flexibility index (Phi) is 5.34. The van der Waals surface area contributed by atoms with Gasteiger partial charge in [-0.1, -0.05) is 43.2 Å². The van der Waals surface area contributed by atoms with Crippen molar-refractivity contribution in [1.82, 2.24) is 5.32 Å². The largest absolute Gasteiger partial charge is 0.320 e. The highest BCUT2D eigenvalue weighted by Gasteiger charge is 2.04. The zero-order valence-corrected chi connectivity index (χ0v) is 11.6. The third-order valence-electron chi connectivity index (χ3n) is 3.58. The first-order chi connectivity index (χ1) is 9.33. The molecule has 2 rings (SSSR count). The number of aryl methyl sites for hydroxylation is 1. The summed E-state index contributed by atoms with van der Waals surface area (Å²) >= 11 is 0. The summed E-state index contributed by atoms with van der Waals surface area (Å²) < 4.78 is 13.7. The molecule has 0 atom stereocenters. The molecule has 0 saturated heterocycles. The van der Waals surface area contributed by atoms with Crippen molar-refractivity contribution in [3.63, 3.8) is 0 Å². The SMILES string of the molecule is CNCCCCCCc1ccc(F)c2ccccc12. The van der Waals surface area contributed by atoms with Gasteiger partial charge in [0, 0.05) is 5.39 Å². The van der Waals surface area contributed by atoms with Gasteiger partial charge in [-0.2, -0.15) is 0 Å². The third kappa shape index (κ3) is 3.77. The van der Waals surface area contributed by atoms with E-state index in [1.165, 1.54) is 31.2 Å². The van der Waals surface area contributed by atoms with Crippen molar-refractivity contribution in [2.75, 3.05) is 13.6 Å². The fourth-order valence-electron chi connectivity index (χ4n) is 2.51. The number of benzene rings is 2. The standard InChI is InChI=1S/C17H22FN/c1-19-13-7-3-2-4-8-14-11-12-17(18)16-10-6-5-9-15(14)16/h5-6,9-12,19H,2-4,7-8,13H2,1H3. The maximum atomic E-state index is 13.7. The van der Waals surface area contributed by atoms with Crippen molar-refractivity contribution in [2.45, 2.75) is 32.1 Å². The van der Waals surface area contributed by atoms with Crippen LogP contribution in [0.4, 0.5) is 4.39 Å². The fraction of sp³-hybridized carbons (Fsp3) is 0.412. The van der Waals surface area contributed by atoms with Crippen molar-refractivity contribution < 1.29 is 4.39 Å². The average Bonchev–Trinajstić information content (AvgIpc) is 2.45. The van der Waals surface area contributed by atoms with Gasteiger partial charge in [-0.05, 0) is 49.9 Å². The highest BCUT2D eigenvalue weighted by atomic mass is 19.1. The zero-order valence-electron chi connectivity index (χ0n) is 11.6. The molecule has 2 heteroatoms. The number of unbranched alkanes of at least 4 members (excludes halogenated alkanes) is 3. The second-order valence-corrected chi connectivity index (χ2v) is 5.02. The molecule has 0 aliphatic heterocycles. The molecule has 0 aliphatic carbocycles. The molecule has 0 aliphatic rings. The quantitative estimate of drug-likeness (QED) is 0.731. The normalized spacial score (nSPS) is 11.1. The zero-order chi connectivity index (χ0) is 13.5. The summed E-state index contributed by atoms with van der Waals surface area (Å²) in [7, 11) is 1.99. The number of rotatable bonds is 7. The molecule has 0 heterocycles. The lowest BCUT2D eigenvalue weighted by atomic mass is 9.99. The van der Waals surface area contributed by atoms with Gasteiger partial charge in [-0.3, -0.25) is 0 Å². The Labute approximate surface area is 114 Å². The van der Waals surface area contributed by atoms with Crippen LogP contribution >= 0.6 is 0 Å². The van der Waals surface area contributed by atoms with Crippen LogP contribution in [-0.2, 0) is 6.42 Å². The third-order valence-corrected chi connectivity index (χ3v) is 3.58. The van der Waals surface area contributed by atoms with Crippen LogP contribution < -0.4 is 5.32 Å². The molecule has 0 saturated carbocycles. The van der Waals surface area contributed by atoms with E-state index in [2.05, 4.69) is 5.32 Å². The summed E-state index contributed by atoms with van der Waals surface area (Å²) in [6.07, 6.45) is 5.97. The van der Waals surface area contributed by atoms with Gasteiger partial charge in [-0.25, -0.2) is 4.39 Å². The molecule has 2 aromatic carbocycles. The Balaban J connectivity index is 1.96. The topological polar surface area (TPSA) is 12.0 Å². The molecule has 0 radical (unpaired) electrons. The van der Waals surface area contributed by atoms with Crippen LogP contribution in [0.5, 0.6) is 0 Å². The van der Waals surface area contributed by atoms with E-state index in [1.54, 1.807) is 6.07 Å². The van der Waals surface area contributed by atoms with Crippen molar-refractivity contribution in [3.8, 4) is 0 Å². The maximum Gasteiger partial charge on any atom is 0.131 e. The van der Waals surface area contributed by atoms with E-state index in [0.29, 0.717) is 0 Å². The number of hydrogen-bond donors (Lipinski definition) is 1. The average molecular weight is 259 g/mol. The van der Waals surface area contributed by atoms with Gasteiger partial charge >= 0.3 is 0 Å². The van der Waals surface area contributed by atoms with Crippen LogP contribution in [0, 0.1) is 5.82 Å². The van der Waals surface area contributed by atoms with Crippen LogP contribution in [0.15, 0.2) is 36.4 Å². The van der Waals surface area contributed by atoms with Gasteiger partial charge in [0.15, 0.2) is 0 Å². The van der Waals surface area contributed by atoms with Crippen molar-refractivity contribution in [3.05, 3.63) is 47.8 Å². The van der Waals surface area contributed by atoms with Gasteiger partial charge in [-0.15, -0.1) is 0 Å². The van der Waals surface area contributed by atoms with Crippen LogP contribution in [-0.4, -0.2) is 13.6 Å². The predicted molar refractivity (Wildman–Crippen MR) is 80.0 cm³/mol. The Bertz CT molecular complexity index is 522. The molecule has 0 fully saturated rings. The Morgan fingerprint density at radius 1 is 0.895 bits per heavy atom. The summed E-state index contributed by atoms with van der Waals surface area (Å²) in [6.45, 7) is 1.10. The van der Waals surface area contributed by atoms with Crippen LogP contribution in [0.25, 0.3) is 10.8 Å². The molecule has 0 bridgehead atoms. The summed E-state index contributed by atoms with van der Waals surface area (Å²) in [4.78, 5) is 0. The lowest BCUT2D eigenvalue weighted by molar-refractivity contribution is 0.616. The molecule has 2 aromatic rings. The van der Waals surface area contributed by atoms with Gasteiger partial charge in [0.05, 0.1) is 0 Å². The Morgan fingerprint density at radius 2 is 1.63 bits per heavy atom. The molecular weight excluding hydrogens is 237 g/mol. The van der Waals surface area contributed by atoms with Crippen molar-refractivity contribution >= 4 is 10.8 Å². The molecule has 1 nitrogen and oxygen atoms in total. The van der Waals surface area contributed by atoms with Gasteiger partial charge < -0.3 is 5.32 Å². The van der Waals surface area contributed by atoms with Crippen LogP contribution in [0.1, 0.15) is 31.2 Å². The summed E-state index contributed by atoms with van der Waals surface area (Å²) in [5.74, 6) is -0.117. The van der Waals surface area contributed by atoms with E-state index in [9.17, 15) is 4.39 Å². The van der Waals surface area contributed by atoms with Crippen LogP contribution in [0.2, 0.25) is 0 Å². The smallest absolute Gasteiger partial charge is 0.131 e. The molecule has 0 amide bonds.